The summed E-state index contributed by atoms with van der Waals surface area (Å²) >= 11 is -0.479. The molecular weight excluding hydrogens is 181 g/mol. The Morgan fingerprint density at radius 3 is 1.00 bits per heavy atom. The molecule has 0 N–H and O–H groups in total. The van der Waals surface area contributed by atoms with Crippen LogP contribution in [0.15, 0.2) is 0 Å². The van der Waals surface area contributed by atoms with E-state index >= 15 is 0 Å². The van der Waals surface area contributed by atoms with E-state index < -0.39 is 16.2 Å². The molecule has 0 aliphatic rings. The van der Waals surface area contributed by atoms with Crippen LogP contribution in [0.2, 0.25) is 16.4 Å². The Bertz CT molecular complexity index is 11.6. The Morgan fingerprint density at radius 1 is 1.00 bits per heavy atom. The van der Waals surface area contributed by atoms with Crippen molar-refractivity contribution in [2.75, 3.05) is 0 Å². The molecule has 29 valence electrons. The number of hydrogen-bond donors (Lipinski definition) is 0. The molecule has 0 aromatic carbocycles. The van der Waals surface area contributed by atoms with Gasteiger partial charge in [0.05, 0.1) is 0 Å². The zero-order valence-electron chi connectivity index (χ0n) is 4.02. The second kappa shape index (κ2) is 5.19. The van der Waals surface area contributed by atoms with Gasteiger partial charge in [-0.2, -0.15) is 0 Å². The number of hydrogen-bond acceptors (Lipinski definition) is 0. The first-order valence-electron chi connectivity index (χ1n) is 1.73. The van der Waals surface area contributed by atoms with Gasteiger partial charge in [0.2, 0.25) is 0 Å². The summed E-state index contributed by atoms with van der Waals surface area (Å²) in [6, 6.07) is 0. The molecule has 0 unspecified atom stereocenters. The van der Waals surface area contributed by atoms with Crippen molar-refractivity contribution < 1.29 is 0 Å². The summed E-state index contributed by atoms with van der Waals surface area (Å²) in [6.45, 7) is 0. The molecular formula is C3H9AsGa. The van der Waals surface area contributed by atoms with Gasteiger partial charge in [-0.3, -0.25) is 0 Å². The maximum absolute atomic E-state index is 2.35. The molecule has 0 saturated carbocycles. The summed E-state index contributed by atoms with van der Waals surface area (Å²) in [5.74, 6) is 0. The summed E-state index contributed by atoms with van der Waals surface area (Å²) in [6.07, 6.45) is 0. The molecule has 0 bridgehead atoms. The Hall–Kier alpha value is 1.19. The van der Waals surface area contributed by atoms with Crippen molar-refractivity contribution >= 4 is 34.2 Å². The van der Waals surface area contributed by atoms with Crippen molar-refractivity contribution in [2.45, 2.75) is 16.4 Å². The average molecular weight is 190 g/mol. The van der Waals surface area contributed by atoms with Crippen molar-refractivity contribution in [1.82, 2.24) is 0 Å². The van der Waals surface area contributed by atoms with Crippen LogP contribution in [0.25, 0.3) is 0 Å². The molecule has 0 rings (SSSR count). The summed E-state index contributed by atoms with van der Waals surface area (Å²) in [5, 5.41) is 0. The first kappa shape index (κ1) is 9.50. The summed E-state index contributed by atoms with van der Waals surface area (Å²) in [5.41, 5.74) is 7.06. The van der Waals surface area contributed by atoms with Gasteiger partial charge in [-0.05, 0) is 0 Å². The van der Waals surface area contributed by atoms with Crippen LogP contribution in [0.5, 0.6) is 0 Å². The van der Waals surface area contributed by atoms with E-state index in [-0.39, 0.29) is 18.0 Å². The molecule has 0 saturated heterocycles. The van der Waals surface area contributed by atoms with E-state index in [4.69, 9.17) is 0 Å². The van der Waals surface area contributed by atoms with Crippen molar-refractivity contribution in [3.63, 3.8) is 0 Å². The van der Waals surface area contributed by atoms with Crippen molar-refractivity contribution in [3.8, 4) is 0 Å². The monoisotopic (exact) mass is 189 g/mol. The Morgan fingerprint density at radius 2 is 1.00 bits per heavy atom. The molecule has 0 spiro atoms. The van der Waals surface area contributed by atoms with Crippen molar-refractivity contribution in [2.24, 2.45) is 0 Å². The van der Waals surface area contributed by atoms with Gasteiger partial charge in [-0.15, -0.1) is 0 Å². The van der Waals surface area contributed by atoms with E-state index in [9.17, 15) is 0 Å². The van der Waals surface area contributed by atoms with Crippen LogP contribution in [0.3, 0.4) is 0 Å². The van der Waals surface area contributed by atoms with Gasteiger partial charge in [0.1, 0.15) is 0 Å². The number of rotatable bonds is 0. The minimum atomic E-state index is -0.479. The zero-order valence-corrected chi connectivity index (χ0v) is 8.32. The fourth-order valence-electron chi connectivity index (χ4n) is 0. The average Bonchev–Trinajstić information content (AvgIpc) is 0.811. The van der Waals surface area contributed by atoms with Crippen LogP contribution in [-0.4, -0.2) is 34.2 Å². The normalized spacial score (nSPS) is 5.40. The molecule has 0 aliphatic heterocycles. The second-order valence-electron chi connectivity index (χ2n) is 1.73. The molecule has 3 radical (unpaired) electrons. The van der Waals surface area contributed by atoms with Crippen molar-refractivity contribution in [3.05, 3.63) is 0 Å². The minimum absolute atomic E-state index is 0. The summed E-state index contributed by atoms with van der Waals surface area (Å²) in [7, 11) is 0. The fourth-order valence-corrected chi connectivity index (χ4v) is 0. The first-order valence-corrected chi connectivity index (χ1v) is 9.00. The summed E-state index contributed by atoms with van der Waals surface area (Å²) < 4.78 is 0. The zero-order chi connectivity index (χ0) is 3.58. The van der Waals surface area contributed by atoms with Gasteiger partial charge in [0, 0.05) is 18.0 Å². The molecule has 2 heteroatoms. The van der Waals surface area contributed by atoms with Gasteiger partial charge in [-0.25, -0.2) is 0 Å². The Kier molecular flexibility index (Phi) is 9.87. The third kappa shape index (κ3) is 37.1. The molecule has 0 aromatic rings. The quantitative estimate of drug-likeness (QED) is 0.499. The molecule has 5 heavy (non-hydrogen) atoms. The second-order valence-corrected chi connectivity index (χ2v) is 9.00. The molecule has 0 heterocycles. The van der Waals surface area contributed by atoms with Gasteiger partial charge >= 0.3 is 32.7 Å². The van der Waals surface area contributed by atoms with E-state index in [1.165, 1.54) is 0 Å². The van der Waals surface area contributed by atoms with Crippen LogP contribution in [-0.2, 0) is 0 Å². The van der Waals surface area contributed by atoms with Gasteiger partial charge in [0.25, 0.3) is 0 Å². The Balaban J connectivity index is 0. The topological polar surface area (TPSA) is 0 Å². The van der Waals surface area contributed by atoms with E-state index in [0.717, 1.165) is 0 Å². The molecule has 0 aliphatic carbocycles. The third-order valence-electron chi connectivity index (χ3n) is 0. The van der Waals surface area contributed by atoms with E-state index in [2.05, 4.69) is 16.4 Å². The predicted octanol–water partition coefficient (Wildman–Crippen LogP) is 0.990. The van der Waals surface area contributed by atoms with E-state index in [1.807, 2.05) is 0 Å². The van der Waals surface area contributed by atoms with E-state index in [1.54, 1.807) is 0 Å². The SMILES string of the molecule is [As].[CH3][Ga]([CH3])[CH3]. The summed E-state index contributed by atoms with van der Waals surface area (Å²) in [4.78, 5) is 0. The third-order valence-corrected chi connectivity index (χ3v) is 0. The fraction of sp³-hybridized carbons (Fsp3) is 1.00. The van der Waals surface area contributed by atoms with Gasteiger partial charge in [0.15, 0.2) is 0 Å². The van der Waals surface area contributed by atoms with Crippen molar-refractivity contribution in [1.29, 1.82) is 0 Å². The van der Waals surface area contributed by atoms with Crippen LogP contribution in [0.4, 0.5) is 0 Å². The van der Waals surface area contributed by atoms with Crippen LogP contribution in [0.1, 0.15) is 0 Å². The molecule has 0 amide bonds. The van der Waals surface area contributed by atoms with Gasteiger partial charge in [-0.1, -0.05) is 0 Å². The maximum atomic E-state index is 2.35. The van der Waals surface area contributed by atoms with Crippen LogP contribution >= 0.6 is 0 Å². The molecule has 0 atom stereocenters. The molecule has 0 fully saturated rings. The van der Waals surface area contributed by atoms with Crippen LogP contribution in [0, 0.1) is 0 Å². The standard InChI is InChI=1S/3CH3.As.Ga/h3*1H3;;. The molecule has 0 nitrogen and oxygen atoms in total. The van der Waals surface area contributed by atoms with Crippen LogP contribution < -0.4 is 0 Å². The van der Waals surface area contributed by atoms with E-state index in [0.29, 0.717) is 0 Å². The predicted molar refractivity (Wildman–Crippen MR) is 29.1 cm³/mol. The Labute approximate surface area is 50.7 Å². The molecule has 0 aromatic heterocycles. The first-order chi connectivity index (χ1) is 1.73. The van der Waals surface area contributed by atoms with Gasteiger partial charge < -0.3 is 0 Å².